The highest BCUT2D eigenvalue weighted by Crippen LogP contribution is 2.29. The summed E-state index contributed by atoms with van der Waals surface area (Å²) < 4.78 is 19.2. The number of unbranched alkanes of at least 4 members (excludes halogenated alkanes) is 3. The van der Waals surface area contributed by atoms with Crippen molar-refractivity contribution >= 4 is 8.80 Å². The van der Waals surface area contributed by atoms with Gasteiger partial charge < -0.3 is 13.3 Å². The summed E-state index contributed by atoms with van der Waals surface area (Å²) in [6.45, 7) is 8.89. The molecule has 0 heterocycles. The minimum absolute atomic E-state index is 0.762. The van der Waals surface area contributed by atoms with Crippen molar-refractivity contribution in [1.82, 2.24) is 0 Å². The van der Waals surface area contributed by atoms with Crippen LogP contribution in [0.2, 0.25) is 0 Å². The third-order valence-corrected chi connectivity index (χ3v) is 7.30. The van der Waals surface area contributed by atoms with Crippen LogP contribution < -0.4 is 0 Å². The van der Waals surface area contributed by atoms with Gasteiger partial charge >= 0.3 is 8.80 Å². The van der Waals surface area contributed by atoms with Gasteiger partial charge in [0.15, 0.2) is 0 Å². The first kappa shape index (κ1) is 20.9. The second-order valence-electron chi connectivity index (χ2n) is 6.49. The zero-order chi connectivity index (χ0) is 16.8. The van der Waals surface area contributed by atoms with E-state index < -0.39 is 8.80 Å². The molecule has 1 rings (SSSR count). The number of allylic oxidation sites excluding steroid dienone is 2. The molecule has 0 saturated carbocycles. The van der Waals surface area contributed by atoms with Crippen LogP contribution in [0, 0.1) is 0 Å². The number of rotatable bonds is 13. The first-order valence-corrected chi connectivity index (χ1v) is 11.6. The van der Waals surface area contributed by atoms with Gasteiger partial charge in [-0.15, -0.1) is 0 Å². The maximum Gasteiger partial charge on any atom is 0.532 e. The Hall–Kier alpha value is -0.163. The Kier molecular flexibility index (Phi) is 12.0. The lowest BCUT2D eigenvalue weighted by Gasteiger charge is -2.32. The molecule has 0 aromatic heterocycles. The van der Waals surface area contributed by atoms with Gasteiger partial charge in [0.1, 0.15) is 0 Å². The smallest absolute Gasteiger partial charge is 0.370 e. The van der Waals surface area contributed by atoms with E-state index in [-0.39, 0.29) is 0 Å². The molecule has 0 spiro atoms. The van der Waals surface area contributed by atoms with Crippen LogP contribution in [-0.2, 0) is 13.3 Å². The molecule has 0 aliphatic heterocycles. The van der Waals surface area contributed by atoms with Crippen molar-refractivity contribution in [2.75, 3.05) is 19.8 Å². The molecular weight excluding hydrogens is 304 g/mol. The average molecular weight is 343 g/mol. The van der Waals surface area contributed by atoms with Gasteiger partial charge in [-0.05, 0) is 50.1 Å². The van der Waals surface area contributed by atoms with Gasteiger partial charge in [-0.2, -0.15) is 0 Å². The van der Waals surface area contributed by atoms with Crippen molar-refractivity contribution < 1.29 is 13.3 Å². The minimum atomic E-state index is -2.68. The van der Waals surface area contributed by atoms with Gasteiger partial charge in [-0.1, -0.05) is 52.5 Å². The fourth-order valence-corrected chi connectivity index (χ4v) is 5.67. The third kappa shape index (κ3) is 7.97. The van der Waals surface area contributed by atoms with Crippen LogP contribution in [0.3, 0.4) is 0 Å². The van der Waals surface area contributed by atoms with Gasteiger partial charge in [-0.25, -0.2) is 0 Å². The largest absolute Gasteiger partial charge is 0.532 e. The summed E-state index contributed by atoms with van der Waals surface area (Å²) in [6.07, 6.45) is 15.1. The molecule has 0 bridgehead atoms. The van der Waals surface area contributed by atoms with E-state index in [1.807, 2.05) is 0 Å². The second-order valence-corrected chi connectivity index (χ2v) is 9.11. The van der Waals surface area contributed by atoms with Crippen molar-refractivity contribution in [2.24, 2.45) is 0 Å². The molecule has 0 atom stereocenters. The summed E-state index contributed by atoms with van der Waals surface area (Å²) >= 11 is 0. The van der Waals surface area contributed by atoms with Crippen LogP contribution in [-0.4, -0.2) is 28.6 Å². The Labute approximate surface area is 145 Å². The first-order chi connectivity index (χ1) is 11.3. The Morgan fingerprint density at radius 2 is 1.30 bits per heavy atom. The van der Waals surface area contributed by atoms with Gasteiger partial charge in [0.2, 0.25) is 0 Å². The lowest BCUT2D eigenvalue weighted by atomic mass is 10.2. The Balaban J connectivity index is 2.85. The van der Waals surface area contributed by atoms with Gasteiger partial charge in [0.05, 0.1) is 0 Å². The van der Waals surface area contributed by atoms with Crippen LogP contribution in [0.1, 0.15) is 91.4 Å². The maximum absolute atomic E-state index is 6.38. The average Bonchev–Trinajstić information content (AvgIpc) is 2.85. The van der Waals surface area contributed by atoms with E-state index in [0.717, 1.165) is 71.2 Å². The molecule has 0 amide bonds. The zero-order valence-corrected chi connectivity index (χ0v) is 16.7. The highest BCUT2D eigenvalue weighted by molar-refractivity contribution is 6.68. The van der Waals surface area contributed by atoms with E-state index in [2.05, 4.69) is 26.8 Å². The quantitative estimate of drug-likeness (QED) is 0.312. The predicted octanol–water partition coefficient (Wildman–Crippen LogP) is 5.81. The molecule has 0 unspecified atom stereocenters. The van der Waals surface area contributed by atoms with Crippen LogP contribution >= 0.6 is 0 Å². The third-order valence-electron chi connectivity index (χ3n) is 4.30. The first-order valence-electron chi connectivity index (χ1n) is 9.90. The Bertz CT molecular complexity index is 291. The topological polar surface area (TPSA) is 27.7 Å². The summed E-state index contributed by atoms with van der Waals surface area (Å²) in [4.78, 5) is 0. The van der Waals surface area contributed by atoms with Crippen molar-refractivity contribution in [2.45, 2.75) is 91.4 Å². The SMILES string of the molecule is CCCCO[Si](OCCCC)(OCCCC)C1=CCCCCC1. The fraction of sp³-hybridized carbons (Fsp3) is 0.895. The van der Waals surface area contributed by atoms with E-state index in [0.29, 0.717) is 0 Å². The number of hydrogen-bond acceptors (Lipinski definition) is 3. The molecule has 1 aliphatic carbocycles. The normalized spacial score (nSPS) is 16.2. The molecule has 23 heavy (non-hydrogen) atoms. The van der Waals surface area contributed by atoms with Crippen LogP contribution in [0.5, 0.6) is 0 Å². The van der Waals surface area contributed by atoms with Gasteiger partial charge in [-0.3, -0.25) is 0 Å². The fourth-order valence-electron chi connectivity index (χ4n) is 2.75. The van der Waals surface area contributed by atoms with Crippen molar-refractivity contribution in [3.05, 3.63) is 11.3 Å². The summed E-state index contributed by atoms with van der Waals surface area (Å²) in [6, 6.07) is 0. The van der Waals surface area contributed by atoms with Crippen LogP contribution in [0.25, 0.3) is 0 Å². The molecule has 1 aliphatic rings. The Morgan fingerprint density at radius 3 is 1.78 bits per heavy atom. The van der Waals surface area contributed by atoms with Crippen LogP contribution in [0.15, 0.2) is 11.3 Å². The second kappa shape index (κ2) is 13.2. The molecular formula is C19H38O3Si. The summed E-state index contributed by atoms with van der Waals surface area (Å²) in [5.41, 5.74) is 0. The van der Waals surface area contributed by atoms with Crippen molar-refractivity contribution in [1.29, 1.82) is 0 Å². The van der Waals surface area contributed by atoms with Gasteiger partial charge in [0.25, 0.3) is 0 Å². The predicted molar refractivity (Wildman–Crippen MR) is 99.5 cm³/mol. The van der Waals surface area contributed by atoms with E-state index in [9.17, 15) is 0 Å². The number of hydrogen-bond donors (Lipinski definition) is 0. The molecule has 136 valence electrons. The molecule has 4 heteroatoms. The molecule has 0 fully saturated rings. The molecule has 0 N–H and O–H groups in total. The molecule has 3 nitrogen and oxygen atoms in total. The standard InChI is InChI=1S/C19H38O3Si/c1-4-7-16-20-23(21-17-8-5-2,22-18-9-6-3)19-14-12-10-11-13-15-19/h14H,4-13,15-18H2,1-3H3. The molecule has 0 aromatic carbocycles. The zero-order valence-electron chi connectivity index (χ0n) is 15.7. The molecule has 0 aromatic rings. The molecule has 0 radical (unpaired) electrons. The van der Waals surface area contributed by atoms with Gasteiger partial charge in [0, 0.05) is 19.8 Å². The van der Waals surface area contributed by atoms with E-state index in [1.54, 1.807) is 0 Å². The highest BCUT2D eigenvalue weighted by atomic mass is 28.4. The van der Waals surface area contributed by atoms with E-state index in [1.165, 1.54) is 24.5 Å². The van der Waals surface area contributed by atoms with Crippen LogP contribution in [0.4, 0.5) is 0 Å². The molecule has 0 saturated heterocycles. The lowest BCUT2D eigenvalue weighted by molar-refractivity contribution is 0.0642. The summed E-state index contributed by atoms with van der Waals surface area (Å²) in [7, 11) is -2.68. The summed E-state index contributed by atoms with van der Waals surface area (Å²) in [5, 5.41) is 1.36. The maximum atomic E-state index is 6.38. The monoisotopic (exact) mass is 342 g/mol. The van der Waals surface area contributed by atoms with E-state index in [4.69, 9.17) is 13.3 Å². The van der Waals surface area contributed by atoms with Crippen molar-refractivity contribution in [3.8, 4) is 0 Å². The lowest BCUT2D eigenvalue weighted by Crippen LogP contribution is -2.49. The van der Waals surface area contributed by atoms with Crippen molar-refractivity contribution in [3.63, 3.8) is 0 Å². The summed E-state index contributed by atoms with van der Waals surface area (Å²) in [5.74, 6) is 0. The Morgan fingerprint density at radius 1 is 0.783 bits per heavy atom. The minimum Gasteiger partial charge on any atom is -0.370 e. The highest BCUT2D eigenvalue weighted by Gasteiger charge is 2.45. The van der Waals surface area contributed by atoms with E-state index >= 15 is 0 Å².